The Labute approximate surface area is 94.1 Å². The largest absolute Gasteiger partial charge is 0.298 e. The first-order valence-corrected chi connectivity index (χ1v) is 5.53. The molecule has 0 aliphatic heterocycles. The number of hydrogen-bond acceptors (Lipinski definition) is 4. The van der Waals surface area contributed by atoms with Crippen molar-refractivity contribution in [2.45, 2.75) is 39.2 Å². The number of rotatable bonds is 3. The fraction of sp³-hybridized carbons (Fsp3) is 0.636. The Kier molecular flexibility index (Phi) is 2.73. The highest BCUT2D eigenvalue weighted by Gasteiger charge is 2.43. The zero-order valence-corrected chi connectivity index (χ0v) is 9.31. The van der Waals surface area contributed by atoms with Crippen LogP contribution in [0, 0.1) is 16.7 Å². The first kappa shape index (κ1) is 10.8. The Bertz CT molecular complexity index is 445. The Hall–Kier alpha value is -1.70. The highest BCUT2D eigenvalue weighted by atomic mass is 16.1. The van der Waals surface area contributed by atoms with E-state index in [1.54, 1.807) is 4.68 Å². The molecule has 84 valence electrons. The SMILES string of the molecule is CCn1ncnc1CC1(C#N)CCCC1=O. The fourth-order valence-electron chi connectivity index (χ4n) is 2.23. The molecule has 1 fully saturated rings. The number of carbonyl (C=O) groups excluding carboxylic acids is 1. The van der Waals surface area contributed by atoms with Crippen molar-refractivity contribution >= 4 is 5.78 Å². The molecule has 1 heterocycles. The van der Waals surface area contributed by atoms with Gasteiger partial charge < -0.3 is 0 Å². The van der Waals surface area contributed by atoms with Gasteiger partial charge in [0, 0.05) is 19.4 Å². The quantitative estimate of drug-likeness (QED) is 0.761. The van der Waals surface area contributed by atoms with Gasteiger partial charge in [-0.25, -0.2) is 4.98 Å². The van der Waals surface area contributed by atoms with Gasteiger partial charge in [-0.3, -0.25) is 9.48 Å². The van der Waals surface area contributed by atoms with Crippen molar-refractivity contribution in [2.24, 2.45) is 5.41 Å². The van der Waals surface area contributed by atoms with E-state index < -0.39 is 5.41 Å². The Balaban J connectivity index is 2.26. The minimum Gasteiger partial charge on any atom is -0.298 e. The summed E-state index contributed by atoms with van der Waals surface area (Å²) in [5, 5.41) is 13.3. The first-order chi connectivity index (χ1) is 7.72. The van der Waals surface area contributed by atoms with Gasteiger partial charge in [-0.2, -0.15) is 10.4 Å². The predicted octanol–water partition coefficient (Wildman–Crippen LogP) is 1.10. The average Bonchev–Trinajstić information content (AvgIpc) is 2.87. The number of nitriles is 1. The van der Waals surface area contributed by atoms with Crippen LogP contribution in [0.2, 0.25) is 0 Å². The zero-order chi connectivity index (χ0) is 11.6. The van der Waals surface area contributed by atoms with Crippen LogP contribution in [0.25, 0.3) is 0 Å². The Morgan fingerprint density at radius 1 is 1.69 bits per heavy atom. The van der Waals surface area contributed by atoms with Crippen LogP contribution in [0.4, 0.5) is 0 Å². The lowest BCUT2D eigenvalue weighted by Crippen LogP contribution is -2.28. The van der Waals surface area contributed by atoms with Crippen molar-refractivity contribution < 1.29 is 4.79 Å². The number of aryl methyl sites for hydroxylation is 1. The third-order valence-corrected chi connectivity index (χ3v) is 3.21. The van der Waals surface area contributed by atoms with E-state index in [2.05, 4.69) is 16.2 Å². The summed E-state index contributed by atoms with van der Waals surface area (Å²) in [5.41, 5.74) is -0.847. The van der Waals surface area contributed by atoms with Crippen LogP contribution in [0.5, 0.6) is 0 Å². The predicted molar refractivity (Wildman–Crippen MR) is 56.3 cm³/mol. The average molecular weight is 218 g/mol. The second kappa shape index (κ2) is 4.05. The molecule has 1 aromatic heterocycles. The van der Waals surface area contributed by atoms with Gasteiger partial charge in [-0.05, 0) is 19.8 Å². The molecular formula is C11H14N4O. The van der Waals surface area contributed by atoms with Gasteiger partial charge in [0.1, 0.15) is 17.6 Å². The normalized spacial score (nSPS) is 24.6. The van der Waals surface area contributed by atoms with Crippen LogP contribution in [-0.2, 0) is 17.8 Å². The van der Waals surface area contributed by atoms with Gasteiger partial charge in [0.25, 0.3) is 0 Å². The fourth-order valence-corrected chi connectivity index (χ4v) is 2.23. The van der Waals surface area contributed by atoms with Gasteiger partial charge in [-0.1, -0.05) is 0 Å². The lowest BCUT2D eigenvalue weighted by molar-refractivity contribution is -0.123. The van der Waals surface area contributed by atoms with Crippen LogP contribution in [0.15, 0.2) is 6.33 Å². The zero-order valence-electron chi connectivity index (χ0n) is 9.31. The standard InChI is InChI=1S/C11H14N4O/c1-2-15-10(13-8-14-15)6-11(7-12)5-3-4-9(11)16/h8H,2-6H2,1H3. The van der Waals surface area contributed by atoms with E-state index in [1.165, 1.54) is 6.33 Å². The van der Waals surface area contributed by atoms with Crippen molar-refractivity contribution in [3.8, 4) is 6.07 Å². The van der Waals surface area contributed by atoms with Crippen LogP contribution in [0.3, 0.4) is 0 Å². The highest BCUT2D eigenvalue weighted by Crippen LogP contribution is 2.36. The molecule has 2 rings (SSSR count). The number of aromatic nitrogens is 3. The summed E-state index contributed by atoms with van der Waals surface area (Å²) in [4.78, 5) is 15.9. The molecule has 1 saturated carbocycles. The molecule has 16 heavy (non-hydrogen) atoms. The van der Waals surface area contributed by atoms with Crippen molar-refractivity contribution in [3.63, 3.8) is 0 Å². The van der Waals surface area contributed by atoms with E-state index in [0.29, 0.717) is 25.8 Å². The molecule has 0 bridgehead atoms. The molecule has 1 aromatic rings. The van der Waals surface area contributed by atoms with Gasteiger partial charge in [0.05, 0.1) is 6.07 Å². The summed E-state index contributed by atoms with van der Waals surface area (Å²) >= 11 is 0. The van der Waals surface area contributed by atoms with Crippen molar-refractivity contribution in [1.29, 1.82) is 5.26 Å². The molecule has 5 heteroatoms. The molecular weight excluding hydrogens is 204 g/mol. The second-order valence-electron chi connectivity index (χ2n) is 4.14. The third kappa shape index (κ3) is 1.60. The molecule has 0 spiro atoms. The minimum absolute atomic E-state index is 0.0562. The summed E-state index contributed by atoms with van der Waals surface area (Å²) < 4.78 is 1.74. The summed E-state index contributed by atoms with van der Waals surface area (Å²) in [5.74, 6) is 0.792. The molecule has 1 aliphatic rings. The molecule has 1 atom stereocenters. The van der Waals surface area contributed by atoms with Gasteiger partial charge in [0.2, 0.25) is 0 Å². The monoisotopic (exact) mass is 218 g/mol. The van der Waals surface area contributed by atoms with Gasteiger partial charge >= 0.3 is 0 Å². The van der Waals surface area contributed by atoms with E-state index in [4.69, 9.17) is 0 Å². The smallest absolute Gasteiger partial charge is 0.153 e. The molecule has 0 aromatic carbocycles. The van der Waals surface area contributed by atoms with E-state index in [9.17, 15) is 10.1 Å². The summed E-state index contributed by atoms with van der Waals surface area (Å²) in [6.07, 6.45) is 3.86. The van der Waals surface area contributed by atoms with E-state index in [0.717, 1.165) is 12.2 Å². The van der Waals surface area contributed by atoms with Crippen LogP contribution < -0.4 is 0 Å². The first-order valence-electron chi connectivity index (χ1n) is 5.53. The Morgan fingerprint density at radius 2 is 2.50 bits per heavy atom. The maximum Gasteiger partial charge on any atom is 0.153 e. The maximum atomic E-state index is 11.8. The van der Waals surface area contributed by atoms with Crippen LogP contribution in [-0.4, -0.2) is 20.5 Å². The van der Waals surface area contributed by atoms with Crippen molar-refractivity contribution in [2.75, 3.05) is 0 Å². The number of hydrogen-bond donors (Lipinski definition) is 0. The molecule has 1 unspecified atom stereocenters. The van der Waals surface area contributed by atoms with E-state index in [1.807, 2.05) is 6.92 Å². The number of carbonyl (C=O) groups is 1. The third-order valence-electron chi connectivity index (χ3n) is 3.21. The maximum absolute atomic E-state index is 11.8. The molecule has 0 amide bonds. The molecule has 0 saturated heterocycles. The topological polar surface area (TPSA) is 71.6 Å². The molecule has 0 radical (unpaired) electrons. The van der Waals surface area contributed by atoms with Gasteiger partial charge in [0.15, 0.2) is 5.78 Å². The summed E-state index contributed by atoms with van der Waals surface area (Å²) in [7, 11) is 0. The number of Topliss-reactive ketones (excluding diaryl/α,β-unsaturated/α-hetero) is 1. The number of ketones is 1. The molecule has 5 nitrogen and oxygen atoms in total. The minimum atomic E-state index is -0.847. The van der Waals surface area contributed by atoms with Crippen LogP contribution in [0.1, 0.15) is 32.0 Å². The van der Waals surface area contributed by atoms with E-state index in [-0.39, 0.29) is 5.78 Å². The van der Waals surface area contributed by atoms with Crippen molar-refractivity contribution in [1.82, 2.24) is 14.8 Å². The van der Waals surface area contributed by atoms with Crippen molar-refractivity contribution in [3.05, 3.63) is 12.2 Å². The van der Waals surface area contributed by atoms with Crippen LogP contribution >= 0.6 is 0 Å². The Morgan fingerprint density at radius 3 is 3.06 bits per heavy atom. The lowest BCUT2D eigenvalue weighted by Gasteiger charge is -2.17. The highest BCUT2D eigenvalue weighted by molar-refractivity contribution is 5.89. The number of nitrogens with zero attached hydrogens (tertiary/aromatic N) is 4. The lowest BCUT2D eigenvalue weighted by atomic mass is 9.83. The molecule has 0 N–H and O–H groups in total. The second-order valence-corrected chi connectivity index (χ2v) is 4.14. The van der Waals surface area contributed by atoms with E-state index >= 15 is 0 Å². The molecule has 1 aliphatic carbocycles. The summed E-state index contributed by atoms with van der Waals surface area (Å²) in [6, 6.07) is 2.19. The van der Waals surface area contributed by atoms with Gasteiger partial charge in [-0.15, -0.1) is 0 Å². The summed E-state index contributed by atoms with van der Waals surface area (Å²) in [6.45, 7) is 2.68.